The maximum atomic E-state index is 5.55. The first kappa shape index (κ1) is 24.9. The van der Waals surface area contributed by atoms with Crippen LogP contribution in [0.25, 0.3) is 0 Å². The van der Waals surface area contributed by atoms with Crippen LogP contribution < -0.4 is 15.4 Å². The van der Waals surface area contributed by atoms with Crippen molar-refractivity contribution in [1.82, 2.24) is 15.5 Å². The monoisotopic (exact) mass is 544 g/mol. The summed E-state index contributed by atoms with van der Waals surface area (Å²) in [4.78, 5) is 8.27. The van der Waals surface area contributed by atoms with Crippen molar-refractivity contribution in [3.8, 4) is 5.75 Å². The molecule has 2 heterocycles. The number of aliphatic imine (C=N–C) groups is 1. The van der Waals surface area contributed by atoms with Crippen molar-refractivity contribution in [2.75, 3.05) is 53.6 Å². The van der Waals surface area contributed by atoms with Crippen molar-refractivity contribution in [2.45, 2.75) is 18.9 Å². The fourth-order valence-corrected chi connectivity index (χ4v) is 4.30. The first-order valence-electron chi connectivity index (χ1n) is 10.1. The number of thiophene rings is 1. The van der Waals surface area contributed by atoms with Crippen LogP contribution in [0.2, 0.25) is 0 Å². The Labute approximate surface area is 201 Å². The fourth-order valence-electron chi connectivity index (χ4n) is 3.51. The zero-order valence-corrected chi connectivity index (χ0v) is 21.1. The Morgan fingerprint density at radius 2 is 1.87 bits per heavy atom. The number of nitrogens with one attached hydrogen (secondary N) is 2. The number of guanidine groups is 1. The van der Waals surface area contributed by atoms with Gasteiger partial charge in [0.2, 0.25) is 0 Å². The molecular weight excluding hydrogens is 511 g/mol. The molecule has 1 aliphatic heterocycles. The summed E-state index contributed by atoms with van der Waals surface area (Å²) in [5.41, 5.74) is 1.27. The molecule has 0 bridgehead atoms. The zero-order chi connectivity index (χ0) is 20.5. The highest BCUT2D eigenvalue weighted by atomic mass is 127. The summed E-state index contributed by atoms with van der Waals surface area (Å²) in [7, 11) is 3.52. The summed E-state index contributed by atoms with van der Waals surface area (Å²) < 4.78 is 10.9. The molecular formula is C22H33IN4O2S. The van der Waals surface area contributed by atoms with Gasteiger partial charge in [-0.25, -0.2) is 0 Å². The van der Waals surface area contributed by atoms with Crippen molar-refractivity contribution < 1.29 is 9.47 Å². The average Bonchev–Trinajstić information content (AvgIpc) is 3.32. The van der Waals surface area contributed by atoms with Crippen molar-refractivity contribution in [1.29, 1.82) is 0 Å². The summed E-state index contributed by atoms with van der Waals surface area (Å²) in [6.45, 7) is 7.28. The summed E-state index contributed by atoms with van der Waals surface area (Å²) in [5, 5.41) is 9.12. The van der Waals surface area contributed by atoms with Crippen LogP contribution in [-0.2, 0) is 4.74 Å². The van der Waals surface area contributed by atoms with Gasteiger partial charge in [0.15, 0.2) is 5.96 Å². The molecule has 166 valence electrons. The van der Waals surface area contributed by atoms with Crippen LogP contribution in [0.3, 0.4) is 0 Å². The van der Waals surface area contributed by atoms with E-state index in [0.717, 1.165) is 51.1 Å². The van der Waals surface area contributed by atoms with Crippen LogP contribution in [-0.4, -0.2) is 64.4 Å². The lowest BCUT2D eigenvalue weighted by Crippen LogP contribution is -2.46. The summed E-state index contributed by atoms with van der Waals surface area (Å²) in [5.74, 6) is 2.16. The number of hydrogen-bond acceptors (Lipinski definition) is 5. The van der Waals surface area contributed by atoms with Gasteiger partial charge in [-0.2, -0.15) is 0 Å². The highest BCUT2D eigenvalue weighted by molar-refractivity contribution is 14.0. The van der Waals surface area contributed by atoms with Crippen molar-refractivity contribution >= 4 is 41.3 Å². The molecule has 6 nitrogen and oxygen atoms in total. The van der Waals surface area contributed by atoms with E-state index >= 15 is 0 Å². The first-order chi connectivity index (χ1) is 14.2. The lowest BCUT2D eigenvalue weighted by atomic mass is 10.0. The number of rotatable bonds is 8. The molecule has 2 N–H and O–H groups in total. The van der Waals surface area contributed by atoms with E-state index in [0.29, 0.717) is 5.92 Å². The fraction of sp³-hybridized carbons (Fsp3) is 0.500. The average molecular weight is 545 g/mol. The summed E-state index contributed by atoms with van der Waals surface area (Å²) in [6, 6.07) is 12.9. The molecule has 30 heavy (non-hydrogen) atoms. The molecule has 8 heteroatoms. The Hall–Kier alpha value is -1.36. The molecule has 1 fully saturated rings. The van der Waals surface area contributed by atoms with E-state index < -0.39 is 0 Å². The molecule has 1 aliphatic rings. The summed E-state index contributed by atoms with van der Waals surface area (Å²) in [6.07, 6.45) is 0. The molecule has 0 spiro atoms. The van der Waals surface area contributed by atoms with Crippen molar-refractivity contribution in [2.24, 2.45) is 4.99 Å². The minimum absolute atomic E-state index is 0. The van der Waals surface area contributed by atoms with Gasteiger partial charge in [-0.05, 0) is 29.1 Å². The van der Waals surface area contributed by atoms with E-state index in [2.05, 4.69) is 57.1 Å². The van der Waals surface area contributed by atoms with Crippen LogP contribution in [0.15, 0.2) is 46.8 Å². The van der Waals surface area contributed by atoms with Gasteiger partial charge in [-0.1, -0.05) is 25.1 Å². The predicted molar refractivity (Wildman–Crippen MR) is 136 cm³/mol. The number of methoxy groups -OCH3 is 1. The number of morpholine rings is 1. The molecule has 1 aromatic carbocycles. The third kappa shape index (κ3) is 7.11. The van der Waals surface area contributed by atoms with Crippen LogP contribution in [0, 0.1) is 0 Å². The molecule has 1 saturated heterocycles. The topological polar surface area (TPSA) is 58.1 Å². The zero-order valence-electron chi connectivity index (χ0n) is 18.0. The van der Waals surface area contributed by atoms with Gasteiger partial charge in [0.25, 0.3) is 0 Å². The second-order valence-corrected chi connectivity index (χ2v) is 8.17. The third-order valence-electron chi connectivity index (χ3n) is 5.28. The Kier molecular flexibility index (Phi) is 10.9. The molecule has 0 radical (unpaired) electrons. The Morgan fingerprint density at radius 1 is 1.17 bits per heavy atom. The number of halogens is 1. The number of hydrogen-bond donors (Lipinski definition) is 2. The molecule has 0 aliphatic carbocycles. The molecule has 2 atom stereocenters. The third-order valence-corrected chi connectivity index (χ3v) is 6.38. The Balaban J connectivity index is 0.00000320. The molecule has 2 unspecified atom stereocenters. The van der Waals surface area contributed by atoms with E-state index in [1.165, 1.54) is 10.4 Å². The smallest absolute Gasteiger partial charge is 0.191 e. The lowest BCUT2D eigenvalue weighted by Gasteiger charge is -2.35. The van der Waals surface area contributed by atoms with E-state index in [1.54, 1.807) is 18.4 Å². The van der Waals surface area contributed by atoms with E-state index in [9.17, 15) is 0 Å². The minimum atomic E-state index is 0. The summed E-state index contributed by atoms with van der Waals surface area (Å²) >= 11 is 1.80. The maximum absolute atomic E-state index is 5.55. The highest BCUT2D eigenvalue weighted by Crippen LogP contribution is 2.24. The SMILES string of the molecule is CN=C(NCC(C)c1cccs1)NCC(c1ccc(OC)cc1)N1CCOCC1.I. The second-order valence-electron chi connectivity index (χ2n) is 7.19. The normalized spacial score (nSPS) is 17.0. The molecule has 0 amide bonds. The van der Waals surface area contributed by atoms with Gasteiger partial charge in [-0.15, -0.1) is 35.3 Å². The van der Waals surface area contributed by atoms with Crippen molar-refractivity contribution in [3.05, 3.63) is 52.2 Å². The Morgan fingerprint density at radius 3 is 2.47 bits per heavy atom. The van der Waals surface area contributed by atoms with Gasteiger partial charge in [-0.3, -0.25) is 9.89 Å². The van der Waals surface area contributed by atoms with Crippen LogP contribution in [0.4, 0.5) is 0 Å². The minimum Gasteiger partial charge on any atom is -0.497 e. The van der Waals surface area contributed by atoms with Crippen molar-refractivity contribution in [3.63, 3.8) is 0 Å². The maximum Gasteiger partial charge on any atom is 0.191 e. The van der Waals surface area contributed by atoms with E-state index in [4.69, 9.17) is 9.47 Å². The van der Waals surface area contributed by atoms with Gasteiger partial charge in [0, 0.05) is 44.0 Å². The molecule has 0 saturated carbocycles. The molecule has 3 rings (SSSR count). The van der Waals surface area contributed by atoms with Gasteiger partial charge < -0.3 is 20.1 Å². The standard InChI is InChI=1S/C22H32N4O2S.HI/c1-17(21-5-4-14-29-21)15-24-22(23-2)25-16-20(26-10-12-28-13-11-26)18-6-8-19(27-3)9-7-18;/h4-9,14,17,20H,10-13,15-16H2,1-3H3,(H2,23,24,25);1H. The Bertz CT molecular complexity index is 749. The highest BCUT2D eigenvalue weighted by Gasteiger charge is 2.23. The second kappa shape index (κ2) is 13.1. The van der Waals surface area contributed by atoms with E-state index in [-0.39, 0.29) is 30.0 Å². The van der Waals surface area contributed by atoms with Gasteiger partial charge in [0.05, 0.1) is 26.4 Å². The number of benzene rings is 1. The lowest BCUT2D eigenvalue weighted by molar-refractivity contribution is 0.0170. The van der Waals surface area contributed by atoms with Crippen LogP contribution >= 0.6 is 35.3 Å². The number of nitrogens with zero attached hydrogens (tertiary/aromatic N) is 2. The van der Waals surface area contributed by atoms with Gasteiger partial charge in [0.1, 0.15) is 5.75 Å². The predicted octanol–water partition coefficient (Wildman–Crippen LogP) is 3.72. The number of ether oxygens (including phenoxy) is 2. The van der Waals surface area contributed by atoms with Crippen LogP contribution in [0.1, 0.15) is 29.3 Å². The van der Waals surface area contributed by atoms with Gasteiger partial charge >= 0.3 is 0 Å². The molecule has 1 aromatic heterocycles. The largest absolute Gasteiger partial charge is 0.497 e. The van der Waals surface area contributed by atoms with E-state index in [1.807, 2.05) is 19.2 Å². The first-order valence-corrected chi connectivity index (χ1v) is 11.0. The van der Waals surface area contributed by atoms with Crippen LogP contribution in [0.5, 0.6) is 5.75 Å². The molecule has 2 aromatic rings. The quantitative estimate of drug-likeness (QED) is 0.302.